The molecule has 0 atom stereocenters. The molecule has 0 bridgehead atoms. The quantitative estimate of drug-likeness (QED) is 0.714. The second kappa shape index (κ2) is 6.10. The van der Waals surface area contributed by atoms with Crippen LogP contribution in [0.1, 0.15) is 10.4 Å². The van der Waals surface area contributed by atoms with Gasteiger partial charge >= 0.3 is 5.69 Å². The zero-order valence-electron chi connectivity index (χ0n) is 14.2. The van der Waals surface area contributed by atoms with Crippen LogP contribution >= 0.6 is 0 Å². The number of carbonyl (C=O) groups is 1. The Bertz CT molecular complexity index is 1220. The number of carbonyl (C=O) groups excluding carboxylic acids is 1. The first kappa shape index (κ1) is 17.3. The van der Waals surface area contributed by atoms with Gasteiger partial charge in [0.2, 0.25) is 0 Å². The first-order valence-corrected chi connectivity index (χ1v) is 7.59. The van der Waals surface area contributed by atoms with Crippen molar-refractivity contribution in [2.24, 2.45) is 21.1 Å². The summed E-state index contributed by atoms with van der Waals surface area (Å²) in [6, 6.07) is 6.07. The largest absolute Gasteiger partial charge is 0.332 e. The van der Waals surface area contributed by atoms with Crippen molar-refractivity contribution in [1.29, 1.82) is 0 Å². The van der Waals surface area contributed by atoms with Gasteiger partial charge in [0, 0.05) is 32.9 Å². The van der Waals surface area contributed by atoms with Gasteiger partial charge in [0.05, 0.1) is 10.9 Å². The molecule has 3 rings (SSSR count). The lowest BCUT2D eigenvalue weighted by Gasteiger charge is -2.14. The summed E-state index contributed by atoms with van der Waals surface area (Å²) in [4.78, 5) is 49.6. The Morgan fingerprint density at radius 3 is 2.19 bits per heavy atom. The Labute approximate surface area is 145 Å². The summed E-state index contributed by atoms with van der Waals surface area (Å²) in [7, 11) is 4.10. The molecule has 26 heavy (non-hydrogen) atoms. The minimum absolute atomic E-state index is 0.0369. The maximum absolute atomic E-state index is 13.0. The van der Waals surface area contributed by atoms with Gasteiger partial charge in [0.15, 0.2) is 0 Å². The molecule has 2 heterocycles. The molecule has 2 aromatic heterocycles. The Kier molecular flexibility index (Phi) is 4.07. The van der Waals surface area contributed by atoms with Crippen LogP contribution in [0, 0.1) is 5.82 Å². The summed E-state index contributed by atoms with van der Waals surface area (Å²) < 4.78 is 16.1. The number of pyridine rings is 1. The summed E-state index contributed by atoms with van der Waals surface area (Å²) in [5.41, 5.74) is -1.69. The molecule has 1 N–H and O–H groups in total. The van der Waals surface area contributed by atoms with E-state index in [2.05, 4.69) is 5.32 Å². The number of aromatic nitrogens is 3. The molecular formula is C17H15FN4O4. The number of benzene rings is 1. The van der Waals surface area contributed by atoms with E-state index in [1.165, 1.54) is 45.4 Å². The van der Waals surface area contributed by atoms with E-state index < -0.39 is 28.5 Å². The molecule has 0 aliphatic heterocycles. The minimum atomic E-state index is -0.713. The Morgan fingerprint density at radius 2 is 1.58 bits per heavy atom. The van der Waals surface area contributed by atoms with E-state index in [4.69, 9.17) is 0 Å². The van der Waals surface area contributed by atoms with Crippen molar-refractivity contribution in [3.8, 4) is 0 Å². The Morgan fingerprint density at radius 1 is 0.962 bits per heavy atom. The SMILES string of the molecule is Cn1c(=O)c2c(C(=O)Nc3ccc(F)cc3)cc(=O)n(C)c2n(C)c1=O. The number of nitrogens with zero attached hydrogens (tertiary/aromatic N) is 3. The van der Waals surface area contributed by atoms with Crippen molar-refractivity contribution >= 4 is 22.6 Å². The standard InChI is InChI=1S/C17H15FN4O4/c1-20-12(23)8-11(14(24)19-10-6-4-9(18)5-7-10)13-15(20)21(2)17(26)22(3)16(13)25/h4-8H,1-3H3,(H,19,24). The van der Waals surface area contributed by atoms with Crippen LogP contribution in [0.25, 0.3) is 11.0 Å². The van der Waals surface area contributed by atoms with Crippen LogP contribution in [0.5, 0.6) is 0 Å². The van der Waals surface area contributed by atoms with E-state index in [-0.39, 0.29) is 16.6 Å². The van der Waals surface area contributed by atoms with Crippen molar-refractivity contribution < 1.29 is 9.18 Å². The van der Waals surface area contributed by atoms with E-state index in [9.17, 15) is 23.6 Å². The van der Waals surface area contributed by atoms with Crippen LogP contribution in [0.2, 0.25) is 0 Å². The minimum Gasteiger partial charge on any atom is -0.322 e. The third kappa shape index (κ3) is 2.63. The van der Waals surface area contributed by atoms with E-state index >= 15 is 0 Å². The predicted molar refractivity (Wildman–Crippen MR) is 94.0 cm³/mol. The number of anilines is 1. The second-order valence-corrected chi connectivity index (χ2v) is 5.82. The third-order valence-corrected chi connectivity index (χ3v) is 4.17. The molecule has 0 spiro atoms. The van der Waals surface area contributed by atoms with Crippen molar-refractivity contribution in [3.05, 3.63) is 72.9 Å². The van der Waals surface area contributed by atoms with E-state index in [0.717, 1.165) is 19.8 Å². The fraction of sp³-hybridized carbons (Fsp3) is 0.176. The molecule has 9 heteroatoms. The molecule has 0 aliphatic carbocycles. The number of aryl methyl sites for hydroxylation is 2. The zero-order valence-corrected chi connectivity index (χ0v) is 14.2. The van der Waals surface area contributed by atoms with E-state index in [1.54, 1.807) is 0 Å². The first-order valence-electron chi connectivity index (χ1n) is 7.59. The number of hydrogen-bond donors (Lipinski definition) is 1. The summed E-state index contributed by atoms with van der Waals surface area (Å²) in [6.45, 7) is 0. The molecule has 0 aliphatic rings. The van der Waals surface area contributed by atoms with Crippen molar-refractivity contribution in [2.45, 2.75) is 0 Å². The van der Waals surface area contributed by atoms with Gasteiger partial charge in [-0.05, 0) is 24.3 Å². The van der Waals surface area contributed by atoms with Crippen LogP contribution in [-0.4, -0.2) is 19.6 Å². The van der Waals surface area contributed by atoms with Gasteiger partial charge in [0.25, 0.3) is 17.0 Å². The lowest BCUT2D eigenvalue weighted by atomic mass is 10.1. The van der Waals surface area contributed by atoms with Gasteiger partial charge < -0.3 is 5.32 Å². The smallest absolute Gasteiger partial charge is 0.322 e. The van der Waals surface area contributed by atoms with Gasteiger partial charge in [-0.1, -0.05) is 0 Å². The zero-order chi connectivity index (χ0) is 19.2. The second-order valence-electron chi connectivity index (χ2n) is 5.82. The highest BCUT2D eigenvalue weighted by Crippen LogP contribution is 2.14. The van der Waals surface area contributed by atoms with Crippen LogP contribution in [-0.2, 0) is 21.1 Å². The van der Waals surface area contributed by atoms with Crippen molar-refractivity contribution in [3.63, 3.8) is 0 Å². The normalized spacial score (nSPS) is 10.9. The number of amides is 1. The summed E-state index contributed by atoms with van der Waals surface area (Å²) in [5, 5.41) is 2.46. The summed E-state index contributed by atoms with van der Waals surface area (Å²) >= 11 is 0. The van der Waals surface area contributed by atoms with Gasteiger partial charge in [0.1, 0.15) is 11.5 Å². The number of fused-ring (bicyclic) bond motifs is 1. The highest BCUT2D eigenvalue weighted by Gasteiger charge is 2.20. The van der Waals surface area contributed by atoms with Crippen molar-refractivity contribution in [1.82, 2.24) is 13.7 Å². The molecule has 0 unspecified atom stereocenters. The first-order chi connectivity index (χ1) is 12.2. The van der Waals surface area contributed by atoms with Gasteiger partial charge in [-0.3, -0.25) is 28.1 Å². The molecule has 0 radical (unpaired) electrons. The molecule has 8 nitrogen and oxygen atoms in total. The maximum Gasteiger partial charge on any atom is 0.332 e. The molecule has 1 amide bonds. The Hall–Kier alpha value is -3.49. The molecule has 1 aromatic carbocycles. The lowest BCUT2D eigenvalue weighted by Crippen LogP contribution is -2.40. The fourth-order valence-corrected chi connectivity index (χ4v) is 2.77. The highest BCUT2D eigenvalue weighted by atomic mass is 19.1. The fourth-order valence-electron chi connectivity index (χ4n) is 2.77. The van der Waals surface area contributed by atoms with Crippen LogP contribution in [0.4, 0.5) is 10.1 Å². The average molecular weight is 358 g/mol. The maximum atomic E-state index is 13.0. The van der Waals surface area contributed by atoms with Crippen LogP contribution in [0.15, 0.2) is 44.7 Å². The van der Waals surface area contributed by atoms with Crippen LogP contribution < -0.4 is 22.1 Å². The van der Waals surface area contributed by atoms with Gasteiger partial charge in [-0.25, -0.2) is 9.18 Å². The Balaban J connectivity index is 2.29. The monoisotopic (exact) mass is 358 g/mol. The van der Waals surface area contributed by atoms with E-state index in [0.29, 0.717) is 5.69 Å². The molecule has 0 saturated carbocycles. The van der Waals surface area contributed by atoms with Crippen LogP contribution in [0.3, 0.4) is 0 Å². The van der Waals surface area contributed by atoms with Gasteiger partial charge in [-0.2, -0.15) is 0 Å². The molecule has 0 fully saturated rings. The molecule has 3 aromatic rings. The average Bonchev–Trinajstić information content (AvgIpc) is 2.61. The van der Waals surface area contributed by atoms with Gasteiger partial charge in [-0.15, -0.1) is 0 Å². The third-order valence-electron chi connectivity index (χ3n) is 4.17. The summed E-state index contributed by atoms with van der Waals surface area (Å²) in [6.07, 6.45) is 0. The summed E-state index contributed by atoms with van der Waals surface area (Å²) in [5.74, 6) is -1.18. The number of rotatable bonds is 2. The predicted octanol–water partition coefficient (Wildman–Crippen LogP) is 0.327. The topological polar surface area (TPSA) is 95.1 Å². The highest BCUT2D eigenvalue weighted by molar-refractivity contribution is 6.11. The van der Waals surface area contributed by atoms with E-state index in [1.807, 2.05) is 0 Å². The number of nitrogens with one attached hydrogen (secondary N) is 1. The molecule has 134 valence electrons. The van der Waals surface area contributed by atoms with Crippen molar-refractivity contribution in [2.75, 3.05) is 5.32 Å². The number of halogens is 1. The molecule has 0 saturated heterocycles. The molecular weight excluding hydrogens is 343 g/mol. The number of hydrogen-bond acceptors (Lipinski definition) is 4. The lowest BCUT2D eigenvalue weighted by molar-refractivity contribution is 0.102.